The van der Waals surface area contributed by atoms with Gasteiger partial charge in [0, 0.05) is 0 Å². The number of aliphatic hydroxyl groups is 2. The molecule has 2 aromatic rings. The van der Waals surface area contributed by atoms with E-state index < -0.39 is 38.3 Å². The summed E-state index contributed by atoms with van der Waals surface area (Å²) in [6, 6.07) is 0. The molecule has 0 bridgehead atoms. The van der Waals surface area contributed by atoms with Gasteiger partial charge in [0.15, 0.2) is 11.2 Å². The van der Waals surface area contributed by atoms with Gasteiger partial charge in [-0.15, -0.1) is 0 Å². The number of H-pyrrole nitrogens is 1. The molecule has 7 N–H and O–H groups in total. The fourth-order valence-electron chi connectivity index (χ4n) is 2.08. The fraction of sp³-hybridized carbons (Fsp3) is 0.583. The molecule has 13 nitrogen and oxygen atoms in total. The van der Waals surface area contributed by atoms with E-state index in [-0.39, 0.29) is 36.9 Å². The van der Waals surface area contributed by atoms with Crippen molar-refractivity contribution in [2.75, 3.05) is 31.9 Å². The highest BCUT2D eigenvalue weighted by atomic mass is 31.2. The number of aromatic amines is 1. The lowest BCUT2D eigenvalue weighted by atomic mass is 10.3. The normalized spacial score (nSPS) is 14.6. The lowest BCUT2D eigenvalue weighted by molar-refractivity contribution is -0.0606. The summed E-state index contributed by atoms with van der Waals surface area (Å²) in [6.45, 7) is -0.923. The van der Waals surface area contributed by atoms with Crippen molar-refractivity contribution in [2.24, 2.45) is 0 Å². The van der Waals surface area contributed by atoms with Gasteiger partial charge in [0.2, 0.25) is 5.95 Å². The molecule has 0 aliphatic rings. The number of ether oxygens (including phenoxy) is 2. The van der Waals surface area contributed by atoms with Crippen LogP contribution in [0.25, 0.3) is 11.2 Å². The van der Waals surface area contributed by atoms with E-state index in [0.717, 1.165) is 0 Å². The van der Waals surface area contributed by atoms with Crippen LogP contribution in [-0.2, 0) is 20.6 Å². The zero-order valence-electron chi connectivity index (χ0n) is 13.6. The number of imidazole rings is 1. The molecule has 0 aromatic carbocycles. The molecule has 2 rings (SSSR count). The van der Waals surface area contributed by atoms with Crippen molar-refractivity contribution >= 4 is 24.7 Å². The van der Waals surface area contributed by atoms with Crippen molar-refractivity contribution < 1.29 is 34.0 Å². The molecule has 2 heterocycles. The highest BCUT2D eigenvalue weighted by Gasteiger charge is 2.19. The zero-order valence-corrected chi connectivity index (χ0v) is 14.5. The maximum absolute atomic E-state index is 11.8. The summed E-state index contributed by atoms with van der Waals surface area (Å²) in [4.78, 5) is 39.7. The Labute approximate surface area is 146 Å². The highest BCUT2D eigenvalue weighted by Crippen LogP contribution is 2.33. The molecule has 26 heavy (non-hydrogen) atoms. The minimum absolute atomic E-state index is 0.0473. The molecule has 14 heteroatoms. The van der Waals surface area contributed by atoms with Crippen LogP contribution in [0.3, 0.4) is 0 Å². The number of nitrogens with one attached hydrogen (secondary N) is 1. The lowest BCUT2D eigenvalue weighted by Gasteiger charge is -2.20. The Morgan fingerprint density at radius 2 is 2.12 bits per heavy atom. The van der Waals surface area contributed by atoms with E-state index in [1.165, 1.54) is 10.9 Å². The molecular weight excluding hydrogens is 373 g/mol. The van der Waals surface area contributed by atoms with Crippen molar-refractivity contribution in [3.05, 3.63) is 16.7 Å². The minimum Gasteiger partial charge on any atom is -0.394 e. The second kappa shape index (κ2) is 8.68. The first-order valence-corrected chi connectivity index (χ1v) is 9.23. The average molecular weight is 393 g/mol. The Morgan fingerprint density at radius 3 is 2.77 bits per heavy atom. The van der Waals surface area contributed by atoms with Gasteiger partial charge in [-0.1, -0.05) is 0 Å². The summed E-state index contributed by atoms with van der Waals surface area (Å²) >= 11 is 0. The van der Waals surface area contributed by atoms with Gasteiger partial charge in [-0.05, 0) is 0 Å². The molecule has 1 unspecified atom stereocenters. The van der Waals surface area contributed by atoms with Crippen molar-refractivity contribution in [1.82, 2.24) is 19.5 Å². The van der Waals surface area contributed by atoms with E-state index >= 15 is 0 Å². The Bertz CT molecular complexity index is 833. The molecule has 2 atom stereocenters. The van der Waals surface area contributed by atoms with Crippen LogP contribution in [0.2, 0.25) is 0 Å². The monoisotopic (exact) mass is 393 g/mol. The predicted octanol–water partition coefficient (Wildman–Crippen LogP) is -2.41. The topological polar surface area (TPSA) is 206 Å². The molecule has 0 aliphatic carbocycles. The Balaban J connectivity index is 2.14. The zero-order chi connectivity index (χ0) is 19.3. The van der Waals surface area contributed by atoms with Crippen molar-refractivity contribution in [2.45, 2.75) is 18.8 Å². The molecule has 0 amide bonds. The van der Waals surface area contributed by atoms with Crippen molar-refractivity contribution in [3.63, 3.8) is 0 Å². The van der Waals surface area contributed by atoms with Gasteiger partial charge < -0.3 is 39.8 Å². The van der Waals surface area contributed by atoms with Crippen LogP contribution < -0.4 is 11.3 Å². The molecule has 2 aromatic heterocycles. The highest BCUT2D eigenvalue weighted by molar-refractivity contribution is 7.51. The largest absolute Gasteiger partial charge is 0.394 e. The number of nitrogens with zero attached hydrogens (tertiary/aromatic N) is 3. The van der Waals surface area contributed by atoms with Gasteiger partial charge in [0.25, 0.3) is 5.56 Å². The van der Waals surface area contributed by atoms with E-state index in [1.54, 1.807) is 0 Å². The number of fused-ring (bicyclic) bond motifs is 1. The standard InChI is InChI=1S/C12H20N5O8P/c13-12-15-10-9(11(20)16-12)14-5-17(10)1-8(25-3-7(19)2-18)4-24-6-26(21,22)23/h5,7-8,18-19H,1-4,6H2,(H2,21,22,23)(H3,13,15,16,20)/t7?,8-/m1/s1. The number of rotatable bonds is 10. The molecule has 0 radical (unpaired) electrons. The molecule has 146 valence electrons. The number of nitrogen functional groups attached to an aromatic ring is 1. The summed E-state index contributed by atoms with van der Waals surface area (Å²) in [7, 11) is -4.35. The number of nitrogens with two attached hydrogens (primary N) is 1. The lowest BCUT2D eigenvalue weighted by Crippen LogP contribution is -2.31. The smallest absolute Gasteiger partial charge is 0.350 e. The van der Waals surface area contributed by atoms with Gasteiger partial charge >= 0.3 is 7.60 Å². The van der Waals surface area contributed by atoms with Crippen LogP contribution >= 0.6 is 7.60 Å². The van der Waals surface area contributed by atoms with Gasteiger partial charge in [-0.25, -0.2) is 4.98 Å². The molecule has 0 spiro atoms. The first-order valence-electron chi connectivity index (χ1n) is 7.43. The van der Waals surface area contributed by atoms with E-state index in [1.807, 2.05) is 0 Å². The van der Waals surface area contributed by atoms with Gasteiger partial charge in [0.05, 0.1) is 38.8 Å². The molecular formula is C12H20N5O8P. The van der Waals surface area contributed by atoms with Gasteiger partial charge in [-0.3, -0.25) is 14.3 Å². The third-order valence-electron chi connectivity index (χ3n) is 3.19. The van der Waals surface area contributed by atoms with Crippen LogP contribution in [0.15, 0.2) is 11.1 Å². The third-order valence-corrected chi connectivity index (χ3v) is 3.71. The maximum atomic E-state index is 11.8. The molecule has 0 saturated heterocycles. The van der Waals surface area contributed by atoms with Crippen molar-refractivity contribution in [1.29, 1.82) is 0 Å². The Hall–Kier alpha value is -1.86. The Kier molecular flexibility index (Phi) is 6.83. The third kappa shape index (κ3) is 5.85. The van der Waals surface area contributed by atoms with E-state index in [4.69, 9.17) is 30.1 Å². The minimum atomic E-state index is -4.35. The predicted molar refractivity (Wildman–Crippen MR) is 88.3 cm³/mol. The number of aromatic nitrogens is 4. The van der Waals surface area contributed by atoms with Crippen LogP contribution in [0.1, 0.15) is 0 Å². The first kappa shape index (κ1) is 20.5. The molecule has 0 fully saturated rings. The van der Waals surface area contributed by atoms with E-state index in [2.05, 4.69) is 15.0 Å². The molecule has 0 saturated carbocycles. The second-order valence-electron chi connectivity index (χ2n) is 5.48. The summed E-state index contributed by atoms with van der Waals surface area (Å²) in [5.74, 6) is -0.102. The summed E-state index contributed by atoms with van der Waals surface area (Å²) in [6.07, 6.45) is -1.38. The van der Waals surface area contributed by atoms with Crippen molar-refractivity contribution in [3.8, 4) is 0 Å². The fourth-order valence-corrected chi connectivity index (χ4v) is 2.42. The van der Waals surface area contributed by atoms with Crippen LogP contribution in [0.5, 0.6) is 0 Å². The number of hydrogen-bond donors (Lipinski definition) is 6. The molecule has 0 aliphatic heterocycles. The van der Waals surface area contributed by atoms with Gasteiger partial charge in [-0.2, -0.15) is 4.98 Å². The van der Waals surface area contributed by atoms with E-state index in [9.17, 15) is 14.5 Å². The maximum Gasteiger partial charge on any atom is 0.350 e. The van der Waals surface area contributed by atoms with Crippen LogP contribution in [0, 0.1) is 0 Å². The van der Waals surface area contributed by atoms with Gasteiger partial charge in [0.1, 0.15) is 12.5 Å². The second-order valence-corrected chi connectivity index (χ2v) is 7.06. The Morgan fingerprint density at radius 1 is 1.38 bits per heavy atom. The number of anilines is 1. The first-order chi connectivity index (χ1) is 12.2. The SMILES string of the molecule is Nc1nc2c(ncn2C[C@H](COCP(=O)(O)O)OCC(O)CO)c(=O)[nH]1. The number of aliphatic hydroxyl groups excluding tert-OH is 2. The van der Waals surface area contributed by atoms with Crippen LogP contribution in [-0.4, -0.2) is 77.9 Å². The van der Waals surface area contributed by atoms with E-state index in [0.29, 0.717) is 0 Å². The van der Waals surface area contributed by atoms with Crippen LogP contribution in [0.4, 0.5) is 5.95 Å². The number of hydrogen-bond acceptors (Lipinski definition) is 9. The quantitative estimate of drug-likeness (QED) is 0.234. The summed E-state index contributed by atoms with van der Waals surface area (Å²) in [5.41, 5.74) is 5.25. The summed E-state index contributed by atoms with van der Waals surface area (Å²) < 4.78 is 22.7. The summed E-state index contributed by atoms with van der Waals surface area (Å²) in [5, 5.41) is 18.2. The average Bonchev–Trinajstić information content (AvgIpc) is 2.94.